The maximum absolute atomic E-state index is 10.6. The van der Waals surface area contributed by atoms with E-state index in [1.54, 1.807) is 0 Å². The second-order valence-corrected chi connectivity index (χ2v) is 4.39. The van der Waals surface area contributed by atoms with E-state index in [0.29, 0.717) is 11.8 Å². The Kier molecular flexibility index (Phi) is 3.88. The molecule has 0 aromatic heterocycles. The van der Waals surface area contributed by atoms with Crippen LogP contribution in [0.3, 0.4) is 0 Å². The quantitative estimate of drug-likeness (QED) is 0.671. The summed E-state index contributed by atoms with van der Waals surface area (Å²) in [5.41, 5.74) is 9.53. The molecule has 1 aliphatic carbocycles. The zero-order chi connectivity index (χ0) is 11.4. The second kappa shape index (κ2) is 4.96. The molecule has 1 aliphatic rings. The van der Waals surface area contributed by atoms with Crippen LogP contribution in [0.1, 0.15) is 33.6 Å². The number of hydrogen-bond acceptors (Lipinski definition) is 2. The highest BCUT2D eigenvalue weighted by Gasteiger charge is 2.22. The molecule has 0 fully saturated rings. The lowest BCUT2D eigenvalue weighted by Crippen LogP contribution is -2.29. The van der Waals surface area contributed by atoms with Gasteiger partial charge in [0.25, 0.3) is 0 Å². The van der Waals surface area contributed by atoms with E-state index in [1.165, 1.54) is 5.57 Å². The highest BCUT2D eigenvalue weighted by atomic mass is 16.2. The average molecular weight is 209 g/mol. The van der Waals surface area contributed by atoms with Crippen LogP contribution < -0.4 is 11.2 Å². The molecule has 2 amide bonds. The van der Waals surface area contributed by atoms with Crippen molar-refractivity contribution in [2.75, 3.05) is 0 Å². The van der Waals surface area contributed by atoms with Gasteiger partial charge in [-0.15, -0.1) is 0 Å². The molecule has 3 N–H and O–H groups in total. The number of nitrogens with two attached hydrogens (primary N) is 1. The van der Waals surface area contributed by atoms with Gasteiger partial charge in [0.1, 0.15) is 0 Å². The third-order valence-corrected chi connectivity index (χ3v) is 2.72. The molecule has 0 aliphatic heterocycles. The third-order valence-electron chi connectivity index (χ3n) is 2.72. The van der Waals surface area contributed by atoms with Gasteiger partial charge in [-0.3, -0.25) is 0 Å². The molecular weight excluding hydrogens is 190 g/mol. The first-order chi connectivity index (χ1) is 7.00. The van der Waals surface area contributed by atoms with Crippen molar-refractivity contribution in [3.05, 3.63) is 11.6 Å². The number of amides is 2. The fourth-order valence-corrected chi connectivity index (χ4v) is 1.87. The maximum atomic E-state index is 10.6. The predicted octanol–water partition coefficient (Wildman–Crippen LogP) is 2.02. The molecule has 1 rings (SSSR count). The zero-order valence-electron chi connectivity index (χ0n) is 9.58. The minimum Gasteiger partial charge on any atom is -0.350 e. The van der Waals surface area contributed by atoms with Gasteiger partial charge in [-0.05, 0) is 31.8 Å². The minimum absolute atomic E-state index is 0.417. The number of nitrogens with zero attached hydrogens (tertiary/aromatic N) is 1. The molecule has 0 aromatic carbocycles. The zero-order valence-corrected chi connectivity index (χ0v) is 9.58. The van der Waals surface area contributed by atoms with E-state index in [-0.39, 0.29) is 0 Å². The van der Waals surface area contributed by atoms with Crippen molar-refractivity contribution in [3.8, 4) is 0 Å². The highest BCUT2D eigenvalue weighted by Crippen LogP contribution is 2.27. The van der Waals surface area contributed by atoms with Crippen molar-refractivity contribution in [2.45, 2.75) is 33.6 Å². The molecule has 0 saturated heterocycles. The van der Waals surface area contributed by atoms with Crippen LogP contribution in [-0.2, 0) is 0 Å². The largest absolute Gasteiger partial charge is 0.350 e. The van der Waals surface area contributed by atoms with E-state index in [2.05, 4.69) is 31.3 Å². The van der Waals surface area contributed by atoms with E-state index in [9.17, 15) is 4.79 Å². The van der Waals surface area contributed by atoms with Crippen LogP contribution in [0.4, 0.5) is 4.79 Å². The summed E-state index contributed by atoms with van der Waals surface area (Å²) in [4.78, 5) is 10.6. The van der Waals surface area contributed by atoms with E-state index in [4.69, 9.17) is 5.73 Å². The van der Waals surface area contributed by atoms with E-state index in [1.807, 2.05) is 6.08 Å². The number of primary amides is 1. The fourth-order valence-electron chi connectivity index (χ4n) is 1.87. The molecule has 0 saturated carbocycles. The molecule has 0 radical (unpaired) electrons. The van der Waals surface area contributed by atoms with Crippen LogP contribution in [-0.4, -0.2) is 11.7 Å². The molecule has 4 nitrogen and oxygen atoms in total. The Bertz CT molecular complexity index is 305. The number of carbonyl (C=O) groups excluding carboxylic acids is 1. The second-order valence-electron chi connectivity index (χ2n) is 4.39. The van der Waals surface area contributed by atoms with Crippen molar-refractivity contribution < 1.29 is 4.79 Å². The normalized spacial score (nSPS) is 24.1. The topological polar surface area (TPSA) is 67.5 Å². The van der Waals surface area contributed by atoms with Gasteiger partial charge in [0, 0.05) is 5.92 Å². The van der Waals surface area contributed by atoms with Gasteiger partial charge in [0.05, 0.1) is 5.71 Å². The van der Waals surface area contributed by atoms with E-state index in [0.717, 1.165) is 18.6 Å². The van der Waals surface area contributed by atoms with Crippen LogP contribution in [0.15, 0.2) is 16.8 Å². The number of carbonyl (C=O) groups is 1. The molecule has 4 heteroatoms. The monoisotopic (exact) mass is 209 g/mol. The first kappa shape index (κ1) is 11.8. The predicted molar refractivity (Wildman–Crippen MR) is 61.5 cm³/mol. The Labute approximate surface area is 90.6 Å². The molecule has 0 heterocycles. The lowest BCUT2D eigenvalue weighted by atomic mass is 9.81. The maximum Gasteiger partial charge on any atom is 0.332 e. The summed E-state index contributed by atoms with van der Waals surface area (Å²) in [5.74, 6) is 0.948. The van der Waals surface area contributed by atoms with Crippen LogP contribution in [0.2, 0.25) is 0 Å². The standard InChI is InChI=1S/C11H19N3O/c1-7(2)9-5-4-8(3)6-10(9)13-14-11(12)15/h6-7,9H,4-5H2,1-3H3,(H3,12,14,15)/b13-10+/t9-/m1/s1. The van der Waals surface area contributed by atoms with Crippen molar-refractivity contribution in [1.29, 1.82) is 0 Å². The SMILES string of the molecule is CC1=C/C(=N\NC(N)=O)[C@@H](C(C)C)CC1. The number of rotatable bonds is 2. The molecule has 0 spiro atoms. The summed E-state index contributed by atoms with van der Waals surface area (Å²) in [6.45, 7) is 6.41. The van der Waals surface area contributed by atoms with Crippen LogP contribution >= 0.6 is 0 Å². The van der Waals surface area contributed by atoms with Gasteiger partial charge in [-0.1, -0.05) is 19.4 Å². The van der Waals surface area contributed by atoms with Crippen molar-refractivity contribution in [3.63, 3.8) is 0 Å². The van der Waals surface area contributed by atoms with Crippen molar-refractivity contribution in [2.24, 2.45) is 22.7 Å². The first-order valence-corrected chi connectivity index (χ1v) is 5.31. The number of hydrazone groups is 1. The summed E-state index contributed by atoms with van der Waals surface area (Å²) < 4.78 is 0. The Morgan fingerprint density at radius 3 is 2.87 bits per heavy atom. The van der Waals surface area contributed by atoms with Crippen LogP contribution in [0.25, 0.3) is 0 Å². The van der Waals surface area contributed by atoms with E-state index < -0.39 is 6.03 Å². The molecule has 0 unspecified atom stereocenters. The Balaban J connectivity index is 2.82. The Morgan fingerprint density at radius 1 is 1.67 bits per heavy atom. The van der Waals surface area contributed by atoms with Gasteiger partial charge in [0.15, 0.2) is 0 Å². The first-order valence-electron chi connectivity index (χ1n) is 5.31. The van der Waals surface area contributed by atoms with Gasteiger partial charge in [-0.25, -0.2) is 10.2 Å². The van der Waals surface area contributed by atoms with Gasteiger partial charge in [0.2, 0.25) is 0 Å². The molecule has 84 valence electrons. The highest BCUT2D eigenvalue weighted by molar-refractivity contribution is 5.98. The Morgan fingerprint density at radius 2 is 2.33 bits per heavy atom. The summed E-state index contributed by atoms with van der Waals surface area (Å²) >= 11 is 0. The summed E-state index contributed by atoms with van der Waals surface area (Å²) in [6.07, 6.45) is 4.25. The van der Waals surface area contributed by atoms with Crippen LogP contribution in [0.5, 0.6) is 0 Å². The summed E-state index contributed by atoms with van der Waals surface area (Å²) in [6, 6.07) is -0.610. The number of allylic oxidation sites excluding steroid dienone is 2. The summed E-state index contributed by atoms with van der Waals surface area (Å²) in [5, 5.41) is 4.05. The minimum atomic E-state index is -0.610. The molecular formula is C11H19N3O. The number of hydrogen-bond donors (Lipinski definition) is 2. The molecule has 15 heavy (non-hydrogen) atoms. The van der Waals surface area contributed by atoms with Gasteiger partial charge in [-0.2, -0.15) is 5.10 Å². The lowest BCUT2D eigenvalue weighted by Gasteiger charge is -2.25. The number of nitrogens with one attached hydrogen (secondary N) is 1. The van der Waals surface area contributed by atoms with Crippen molar-refractivity contribution in [1.82, 2.24) is 5.43 Å². The smallest absolute Gasteiger partial charge is 0.332 e. The molecule has 0 bridgehead atoms. The van der Waals surface area contributed by atoms with Gasteiger partial charge >= 0.3 is 6.03 Å². The average Bonchev–Trinajstić information content (AvgIpc) is 2.14. The Hall–Kier alpha value is -1.32. The number of urea groups is 1. The molecule has 1 atom stereocenters. The van der Waals surface area contributed by atoms with Gasteiger partial charge < -0.3 is 5.73 Å². The lowest BCUT2D eigenvalue weighted by molar-refractivity contribution is 0.249. The van der Waals surface area contributed by atoms with E-state index >= 15 is 0 Å². The fraction of sp³-hybridized carbons (Fsp3) is 0.636. The van der Waals surface area contributed by atoms with Crippen molar-refractivity contribution >= 4 is 11.7 Å². The van der Waals surface area contributed by atoms with Crippen LogP contribution in [0, 0.1) is 11.8 Å². The molecule has 0 aromatic rings. The summed E-state index contributed by atoms with van der Waals surface area (Å²) in [7, 11) is 0. The third kappa shape index (κ3) is 3.38.